The summed E-state index contributed by atoms with van der Waals surface area (Å²) in [5.74, 6) is -0.434. The van der Waals surface area contributed by atoms with E-state index < -0.39 is 17.5 Å². The highest BCUT2D eigenvalue weighted by Crippen LogP contribution is 2.29. The molecule has 0 aliphatic carbocycles. The number of rotatable bonds is 2. The van der Waals surface area contributed by atoms with Crippen LogP contribution in [0.2, 0.25) is 5.02 Å². The summed E-state index contributed by atoms with van der Waals surface area (Å²) < 4.78 is 0. The Labute approximate surface area is 109 Å². The number of hydrogen-bond donors (Lipinski definition) is 1. The Morgan fingerprint density at radius 3 is 2.56 bits per heavy atom. The zero-order valence-electron chi connectivity index (χ0n) is 9.61. The second-order valence-corrected chi connectivity index (χ2v) is 4.55. The van der Waals surface area contributed by atoms with Gasteiger partial charge in [-0.1, -0.05) is 23.7 Å². The molecular weight excluding hydrogens is 254 g/mol. The Morgan fingerprint density at radius 2 is 2.00 bits per heavy atom. The number of halogens is 1. The molecule has 1 aromatic rings. The molecule has 5 nitrogen and oxygen atoms in total. The van der Waals surface area contributed by atoms with Crippen LogP contribution in [0.1, 0.15) is 12.5 Å². The molecule has 1 aliphatic heterocycles. The van der Waals surface area contributed by atoms with E-state index in [1.165, 1.54) is 0 Å². The summed E-state index contributed by atoms with van der Waals surface area (Å²) in [6, 6.07) is 7.88. The Bertz CT molecular complexity index is 549. The van der Waals surface area contributed by atoms with Gasteiger partial charge in [-0.15, -0.1) is 0 Å². The fraction of sp³-hybridized carbons (Fsp3) is 0.250. The normalized spacial score (nSPS) is 22.8. The fourth-order valence-corrected chi connectivity index (χ4v) is 2.02. The maximum atomic E-state index is 12.2. The number of amides is 3. The minimum atomic E-state index is -1.14. The third kappa shape index (κ3) is 1.81. The second-order valence-electron chi connectivity index (χ2n) is 4.11. The first-order chi connectivity index (χ1) is 8.49. The fourth-order valence-electron chi connectivity index (χ4n) is 1.89. The van der Waals surface area contributed by atoms with Gasteiger partial charge in [-0.25, -0.2) is 9.69 Å². The standard InChI is InChI=1S/C12H10ClN3O2/c1-12(8-2-4-9(13)5-3-8)10(17)16(7-6-14)11(18)15-12/h2-5H,7H2,1H3,(H,15,18)/t12-/m0/s1. The molecule has 0 bridgehead atoms. The third-order valence-corrected chi connectivity index (χ3v) is 3.18. The lowest BCUT2D eigenvalue weighted by Gasteiger charge is -2.21. The summed E-state index contributed by atoms with van der Waals surface area (Å²) >= 11 is 5.78. The maximum Gasteiger partial charge on any atom is 0.326 e. The second kappa shape index (κ2) is 4.31. The summed E-state index contributed by atoms with van der Waals surface area (Å²) in [5, 5.41) is 11.7. The SMILES string of the molecule is C[C@@]1(c2ccc(Cl)cc2)NC(=O)N(CC#N)C1=O. The maximum absolute atomic E-state index is 12.2. The minimum Gasteiger partial charge on any atom is -0.319 e. The Kier molecular flexibility index (Phi) is 2.97. The van der Waals surface area contributed by atoms with Gasteiger partial charge in [0, 0.05) is 5.02 Å². The monoisotopic (exact) mass is 263 g/mol. The van der Waals surface area contributed by atoms with Crippen LogP contribution < -0.4 is 5.32 Å². The van der Waals surface area contributed by atoms with Gasteiger partial charge in [0.15, 0.2) is 0 Å². The van der Waals surface area contributed by atoms with Crippen molar-refractivity contribution in [3.63, 3.8) is 0 Å². The van der Waals surface area contributed by atoms with Crippen molar-refractivity contribution in [2.75, 3.05) is 6.54 Å². The largest absolute Gasteiger partial charge is 0.326 e. The van der Waals surface area contributed by atoms with Crippen LogP contribution in [0.15, 0.2) is 24.3 Å². The summed E-state index contributed by atoms with van der Waals surface area (Å²) in [4.78, 5) is 24.7. The molecule has 1 aliphatic rings. The molecule has 92 valence electrons. The number of hydrogen-bond acceptors (Lipinski definition) is 3. The smallest absolute Gasteiger partial charge is 0.319 e. The third-order valence-electron chi connectivity index (χ3n) is 2.93. The van der Waals surface area contributed by atoms with Gasteiger partial charge in [0.05, 0.1) is 6.07 Å². The Balaban J connectivity index is 2.39. The Hall–Kier alpha value is -2.06. The van der Waals surface area contributed by atoms with E-state index in [0.717, 1.165) is 4.90 Å². The molecule has 0 spiro atoms. The molecule has 0 aromatic heterocycles. The van der Waals surface area contributed by atoms with Crippen LogP contribution in [-0.2, 0) is 10.3 Å². The van der Waals surface area contributed by atoms with E-state index in [0.29, 0.717) is 10.6 Å². The summed E-state index contributed by atoms with van der Waals surface area (Å²) in [5.41, 5.74) is -0.510. The predicted molar refractivity (Wildman–Crippen MR) is 64.7 cm³/mol. The van der Waals surface area contributed by atoms with Gasteiger partial charge < -0.3 is 5.32 Å². The molecule has 18 heavy (non-hydrogen) atoms. The van der Waals surface area contributed by atoms with Gasteiger partial charge in [-0.2, -0.15) is 5.26 Å². The van der Waals surface area contributed by atoms with Crippen molar-refractivity contribution < 1.29 is 9.59 Å². The molecule has 0 radical (unpaired) electrons. The van der Waals surface area contributed by atoms with Crippen molar-refractivity contribution in [3.05, 3.63) is 34.9 Å². The Morgan fingerprint density at radius 1 is 1.39 bits per heavy atom. The molecule has 1 N–H and O–H groups in total. The molecule has 1 fully saturated rings. The number of benzene rings is 1. The topological polar surface area (TPSA) is 73.2 Å². The molecular formula is C12H10ClN3O2. The number of carbonyl (C=O) groups excluding carboxylic acids is 2. The van der Waals surface area contributed by atoms with Gasteiger partial charge in [0.1, 0.15) is 12.1 Å². The van der Waals surface area contributed by atoms with Gasteiger partial charge in [-0.05, 0) is 24.6 Å². The highest BCUT2D eigenvalue weighted by Gasteiger charge is 2.48. The van der Waals surface area contributed by atoms with Gasteiger partial charge >= 0.3 is 6.03 Å². The molecule has 0 saturated carbocycles. The molecule has 1 saturated heterocycles. The first-order valence-electron chi connectivity index (χ1n) is 5.26. The van der Waals surface area contributed by atoms with E-state index in [2.05, 4.69) is 5.32 Å². The van der Waals surface area contributed by atoms with Crippen LogP contribution in [0, 0.1) is 11.3 Å². The van der Waals surface area contributed by atoms with Crippen LogP contribution in [0.4, 0.5) is 4.79 Å². The van der Waals surface area contributed by atoms with Crippen LogP contribution in [0.25, 0.3) is 0 Å². The zero-order valence-corrected chi connectivity index (χ0v) is 10.4. The van der Waals surface area contributed by atoms with E-state index >= 15 is 0 Å². The lowest BCUT2D eigenvalue weighted by molar-refractivity contribution is -0.130. The highest BCUT2D eigenvalue weighted by molar-refractivity contribution is 6.30. The molecule has 1 atom stereocenters. The van der Waals surface area contributed by atoms with Crippen molar-refractivity contribution >= 4 is 23.5 Å². The van der Waals surface area contributed by atoms with E-state index in [-0.39, 0.29) is 6.54 Å². The molecule has 2 rings (SSSR count). The lowest BCUT2D eigenvalue weighted by Crippen LogP contribution is -2.40. The van der Waals surface area contributed by atoms with Gasteiger partial charge in [-0.3, -0.25) is 4.79 Å². The van der Waals surface area contributed by atoms with Crippen LogP contribution in [0.3, 0.4) is 0 Å². The van der Waals surface area contributed by atoms with E-state index in [1.54, 1.807) is 37.3 Å². The van der Waals surface area contributed by atoms with Crippen LogP contribution >= 0.6 is 11.6 Å². The molecule has 0 unspecified atom stereocenters. The summed E-state index contributed by atoms with van der Waals surface area (Å²) in [6.07, 6.45) is 0. The summed E-state index contributed by atoms with van der Waals surface area (Å²) in [7, 11) is 0. The zero-order chi connectivity index (χ0) is 13.3. The number of nitriles is 1. The lowest BCUT2D eigenvalue weighted by atomic mass is 9.92. The number of imide groups is 1. The quantitative estimate of drug-likeness (QED) is 0.651. The first kappa shape index (κ1) is 12.4. The molecule has 3 amide bonds. The van der Waals surface area contributed by atoms with E-state index in [9.17, 15) is 9.59 Å². The van der Waals surface area contributed by atoms with Crippen molar-refractivity contribution in [2.24, 2.45) is 0 Å². The molecule has 6 heteroatoms. The first-order valence-corrected chi connectivity index (χ1v) is 5.64. The number of nitrogens with one attached hydrogen (secondary N) is 1. The van der Waals surface area contributed by atoms with Crippen molar-refractivity contribution in [1.29, 1.82) is 5.26 Å². The van der Waals surface area contributed by atoms with Crippen molar-refractivity contribution in [3.8, 4) is 6.07 Å². The van der Waals surface area contributed by atoms with Crippen molar-refractivity contribution in [1.82, 2.24) is 10.2 Å². The molecule has 1 heterocycles. The number of nitrogens with zero attached hydrogens (tertiary/aromatic N) is 2. The summed E-state index contributed by atoms with van der Waals surface area (Å²) in [6.45, 7) is 1.35. The number of urea groups is 1. The van der Waals surface area contributed by atoms with E-state index in [4.69, 9.17) is 16.9 Å². The van der Waals surface area contributed by atoms with Crippen molar-refractivity contribution in [2.45, 2.75) is 12.5 Å². The average Bonchev–Trinajstić information content (AvgIpc) is 2.55. The number of carbonyl (C=O) groups is 2. The van der Waals surface area contributed by atoms with Gasteiger partial charge in [0.25, 0.3) is 5.91 Å². The van der Waals surface area contributed by atoms with Gasteiger partial charge in [0.2, 0.25) is 0 Å². The van der Waals surface area contributed by atoms with E-state index in [1.807, 2.05) is 0 Å². The van der Waals surface area contributed by atoms with Crippen LogP contribution in [0.5, 0.6) is 0 Å². The highest BCUT2D eigenvalue weighted by atomic mass is 35.5. The predicted octanol–water partition coefficient (Wildman–Crippen LogP) is 1.63. The average molecular weight is 264 g/mol. The molecule has 1 aromatic carbocycles. The van der Waals surface area contributed by atoms with Crippen LogP contribution in [-0.4, -0.2) is 23.4 Å². The minimum absolute atomic E-state index is 0.256.